The van der Waals surface area contributed by atoms with Gasteiger partial charge in [-0.15, -0.1) is 6.42 Å². The van der Waals surface area contributed by atoms with Crippen molar-refractivity contribution < 1.29 is 14.3 Å². The molecule has 0 bridgehead atoms. The Bertz CT molecular complexity index is 410. The van der Waals surface area contributed by atoms with Crippen LogP contribution in [0, 0.1) is 12.3 Å². The van der Waals surface area contributed by atoms with Crippen LogP contribution in [0.25, 0.3) is 0 Å². The summed E-state index contributed by atoms with van der Waals surface area (Å²) in [6.07, 6.45) is 5.02. The summed E-state index contributed by atoms with van der Waals surface area (Å²) in [5.41, 5.74) is -0.930. The van der Waals surface area contributed by atoms with Gasteiger partial charge in [0.05, 0.1) is 5.02 Å². The molecule has 0 aliphatic heterocycles. The molecule has 0 heterocycles. The number of carbonyl (C=O) groups excluding carboxylic acids is 1. The van der Waals surface area contributed by atoms with Crippen molar-refractivity contribution in [1.29, 1.82) is 0 Å². The molecular weight excluding hydrogens is 239 g/mol. The maximum atomic E-state index is 10.5. The number of rotatable bonds is 3. The van der Waals surface area contributed by atoms with Gasteiger partial charge in [0.15, 0.2) is 0 Å². The van der Waals surface area contributed by atoms with Crippen LogP contribution >= 0.6 is 23.2 Å². The van der Waals surface area contributed by atoms with E-state index in [1.807, 2.05) is 0 Å². The van der Waals surface area contributed by atoms with E-state index in [0.29, 0.717) is 10.8 Å². The van der Waals surface area contributed by atoms with Crippen molar-refractivity contribution >= 4 is 28.6 Å². The first kappa shape index (κ1) is 11.7. The fraction of sp³-hybridized carbons (Fsp3) is 0.100. The Kier molecular flexibility index (Phi) is 4.29. The van der Waals surface area contributed by atoms with Gasteiger partial charge >= 0.3 is 5.43 Å². The van der Waals surface area contributed by atoms with Crippen LogP contribution in [0.4, 0.5) is 4.79 Å². The molecule has 0 N–H and O–H groups in total. The van der Waals surface area contributed by atoms with Gasteiger partial charge in [0.1, 0.15) is 18.1 Å². The molecule has 0 fully saturated rings. The largest absolute Gasteiger partial charge is 0.479 e. The number of hydrogen-bond acceptors (Lipinski definition) is 3. The molecule has 0 saturated heterocycles. The third-order valence-electron chi connectivity index (χ3n) is 1.41. The highest BCUT2D eigenvalue weighted by Crippen LogP contribution is 2.29. The molecule has 3 nitrogen and oxygen atoms in total. The Morgan fingerprint density at radius 1 is 1.53 bits per heavy atom. The summed E-state index contributed by atoms with van der Waals surface area (Å²) in [5, 5.41) is 0.375. The Balaban J connectivity index is 2.85. The molecule has 0 amide bonds. The van der Waals surface area contributed by atoms with Gasteiger partial charge in [-0.3, -0.25) is 0 Å². The molecular formula is C10H6Cl2O3. The van der Waals surface area contributed by atoms with Crippen molar-refractivity contribution in [3.8, 4) is 23.8 Å². The Labute approximate surface area is 96.9 Å². The van der Waals surface area contributed by atoms with Crippen molar-refractivity contribution in [3.05, 3.63) is 23.2 Å². The lowest BCUT2D eigenvalue weighted by molar-refractivity contribution is 0.225. The summed E-state index contributed by atoms with van der Waals surface area (Å²) in [7, 11) is 0. The van der Waals surface area contributed by atoms with Crippen LogP contribution in [0.5, 0.6) is 11.5 Å². The molecule has 0 radical (unpaired) electrons. The van der Waals surface area contributed by atoms with Gasteiger partial charge in [0.2, 0.25) is 0 Å². The highest BCUT2D eigenvalue weighted by Gasteiger charge is 2.06. The molecule has 0 atom stereocenters. The van der Waals surface area contributed by atoms with Crippen LogP contribution in [0.15, 0.2) is 18.2 Å². The number of benzene rings is 1. The molecule has 0 unspecified atom stereocenters. The Morgan fingerprint density at radius 3 is 2.87 bits per heavy atom. The van der Waals surface area contributed by atoms with E-state index in [-0.39, 0.29) is 12.4 Å². The molecule has 5 heteroatoms. The topological polar surface area (TPSA) is 35.5 Å². The molecule has 0 saturated carbocycles. The van der Waals surface area contributed by atoms with Crippen molar-refractivity contribution in [2.24, 2.45) is 0 Å². The van der Waals surface area contributed by atoms with E-state index in [1.54, 1.807) is 0 Å². The van der Waals surface area contributed by atoms with E-state index in [9.17, 15) is 4.79 Å². The lowest BCUT2D eigenvalue weighted by Gasteiger charge is -2.06. The minimum Gasteiger partial charge on any atom is -0.479 e. The number of ether oxygens (including phenoxy) is 2. The van der Waals surface area contributed by atoms with Gasteiger partial charge in [0, 0.05) is 17.7 Å². The van der Waals surface area contributed by atoms with Gasteiger partial charge in [-0.2, -0.15) is 0 Å². The molecule has 1 aromatic rings. The summed E-state index contributed by atoms with van der Waals surface area (Å²) in [6.45, 7) is 0.0813. The number of carbonyl (C=O) groups is 1. The van der Waals surface area contributed by atoms with Crippen LogP contribution in [0.1, 0.15) is 0 Å². The van der Waals surface area contributed by atoms with E-state index in [1.165, 1.54) is 18.2 Å². The Morgan fingerprint density at radius 2 is 2.27 bits per heavy atom. The van der Waals surface area contributed by atoms with E-state index in [2.05, 4.69) is 10.7 Å². The zero-order chi connectivity index (χ0) is 11.3. The third kappa shape index (κ3) is 3.70. The van der Waals surface area contributed by atoms with Crippen LogP contribution in [-0.2, 0) is 0 Å². The summed E-state index contributed by atoms with van der Waals surface area (Å²) in [5.74, 6) is 2.87. The molecule has 1 rings (SSSR count). The number of terminal acetylenes is 1. The van der Waals surface area contributed by atoms with E-state index < -0.39 is 5.43 Å². The summed E-state index contributed by atoms with van der Waals surface area (Å²) >= 11 is 10.8. The quantitative estimate of drug-likeness (QED) is 0.606. The first-order valence-corrected chi connectivity index (χ1v) is 4.62. The van der Waals surface area contributed by atoms with Gasteiger partial charge in [-0.05, 0) is 12.1 Å². The van der Waals surface area contributed by atoms with Crippen molar-refractivity contribution in [3.63, 3.8) is 0 Å². The predicted octanol–water partition coefficient (Wildman–Crippen LogP) is 3.09. The second-order valence-corrected chi connectivity index (χ2v) is 3.14. The van der Waals surface area contributed by atoms with Gasteiger partial charge in [0.25, 0.3) is 0 Å². The third-order valence-corrected chi connectivity index (χ3v) is 1.80. The summed E-state index contributed by atoms with van der Waals surface area (Å²) < 4.78 is 9.73. The minimum absolute atomic E-state index is 0.0813. The zero-order valence-corrected chi connectivity index (χ0v) is 9.01. The first-order valence-electron chi connectivity index (χ1n) is 3.86. The fourth-order valence-corrected chi connectivity index (χ4v) is 1.13. The summed E-state index contributed by atoms with van der Waals surface area (Å²) in [4.78, 5) is 10.5. The molecule has 0 spiro atoms. The fourth-order valence-electron chi connectivity index (χ4n) is 0.870. The normalized spacial score (nSPS) is 9.13. The molecule has 78 valence electrons. The van der Waals surface area contributed by atoms with Crippen molar-refractivity contribution in [2.75, 3.05) is 6.61 Å². The number of hydrogen-bond donors (Lipinski definition) is 0. The van der Waals surface area contributed by atoms with Crippen LogP contribution in [0.2, 0.25) is 5.02 Å². The smallest absolute Gasteiger partial charge is 0.409 e. The highest BCUT2D eigenvalue weighted by atomic mass is 35.5. The molecule has 0 aliphatic rings. The second kappa shape index (κ2) is 5.50. The standard InChI is InChI=1S/C10H6Cl2O3/c1-2-5-14-9-6-7(15-10(12)13)3-4-8(9)11/h1,3-4,6H,5H2. The van der Waals surface area contributed by atoms with Crippen LogP contribution in [0.3, 0.4) is 0 Å². The maximum Gasteiger partial charge on any atom is 0.409 e. The van der Waals surface area contributed by atoms with E-state index in [4.69, 9.17) is 34.4 Å². The van der Waals surface area contributed by atoms with Crippen molar-refractivity contribution in [2.45, 2.75) is 0 Å². The monoisotopic (exact) mass is 244 g/mol. The average Bonchev–Trinajstić information content (AvgIpc) is 2.18. The maximum absolute atomic E-state index is 10.5. The lowest BCUT2D eigenvalue weighted by Crippen LogP contribution is -1.98. The van der Waals surface area contributed by atoms with E-state index >= 15 is 0 Å². The minimum atomic E-state index is -0.930. The molecule has 15 heavy (non-hydrogen) atoms. The average molecular weight is 245 g/mol. The molecule has 0 aromatic heterocycles. The lowest BCUT2D eigenvalue weighted by atomic mass is 10.3. The predicted molar refractivity (Wildman–Crippen MR) is 57.7 cm³/mol. The zero-order valence-electron chi connectivity index (χ0n) is 7.50. The highest BCUT2D eigenvalue weighted by molar-refractivity contribution is 6.61. The van der Waals surface area contributed by atoms with Crippen LogP contribution < -0.4 is 9.47 Å². The summed E-state index contributed by atoms with van der Waals surface area (Å²) in [6, 6.07) is 4.44. The van der Waals surface area contributed by atoms with Crippen molar-refractivity contribution in [1.82, 2.24) is 0 Å². The second-order valence-electron chi connectivity index (χ2n) is 2.42. The molecule has 0 aliphatic carbocycles. The molecule has 1 aromatic carbocycles. The first-order chi connectivity index (χ1) is 7.13. The SMILES string of the molecule is C#CCOc1cc(OC(=O)Cl)ccc1Cl. The van der Waals surface area contributed by atoms with Crippen LogP contribution in [-0.4, -0.2) is 12.0 Å². The van der Waals surface area contributed by atoms with Gasteiger partial charge in [-0.25, -0.2) is 4.79 Å². The van der Waals surface area contributed by atoms with Gasteiger partial charge in [-0.1, -0.05) is 17.5 Å². The van der Waals surface area contributed by atoms with E-state index in [0.717, 1.165) is 0 Å². The Hall–Kier alpha value is -1.37. The number of halogens is 2. The van der Waals surface area contributed by atoms with Gasteiger partial charge < -0.3 is 9.47 Å².